The number of carboxylic acid groups (broad SMARTS) is 1. The molecule has 154 valence electrons. The number of rotatable bonds is 6. The Labute approximate surface area is 181 Å². The molecule has 8 nitrogen and oxygen atoms in total. The van der Waals surface area contributed by atoms with E-state index >= 15 is 0 Å². The van der Waals surface area contributed by atoms with Crippen LogP contribution in [0.25, 0.3) is 6.08 Å². The molecule has 0 aromatic heterocycles. The van der Waals surface area contributed by atoms with Gasteiger partial charge in [-0.2, -0.15) is 0 Å². The van der Waals surface area contributed by atoms with Gasteiger partial charge in [0.25, 0.3) is 5.91 Å². The van der Waals surface area contributed by atoms with Crippen molar-refractivity contribution in [2.75, 3.05) is 19.0 Å². The number of amides is 2. The lowest BCUT2D eigenvalue weighted by Gasteiger charge is -2.15. The molecule has 0 saturated carbocycles. The molecule has 30 heavy (non-hydrogen) atoms. The largest absolute Gasteiger partial charge is 0.508 e. The van der Waals surface area contributed by atoms with Gasteiger partial charge in [-0.3, -0.25) is 14.5 Å². The molecule has 1 heterocycles. The minimum absolute atomic E-state index is 0.00418. The maximum absolute atomic E-state index is 12.7. The third kappa shape index (κ3) is 4.78. The number of carbonyl (C=O) groups is 3. The lowest BCUT2D eigenvalue weighted by molar-refractivity contribution is -0.126. The lowest BCUT2D eigenvalue weighted by Crippen LogP contribution is -2.36. The highest BCUT2D eigenvalue weighted by Gasteiger charge is 2.33. The number of aromatic carboxylic acids is 1. The fourth-order valence-electron chi connectivity index (χ4n) is 2.64. The van der Waals surface area contributed by atoms with Crippen LogP contribution in [-0.4, -0.2) is 50.9 Å². The van der Waals surface area contributed by atoms with E-state index in [9.17, 15) is 24.6 Å². The second-order valence-electron chi connectivity index (χ2n) is 6.12. The molecule has 2 aromatic carbocycles. The Balaban J connectivity index is 1.72. The molecule has 2 amide bonds. The molecule has 1 fully saturated rings. The number of phenolic OH excluding ortho intramolecular Hbond substituents is 1. The SMILES string of the molecule is COc1ccc(C=C2SC(=S)N(CC(=O)Nc3ccc(O)cc3C(=O)O)C2=O)cc1. The highest BCUT2D eigenvalue weighted by molar-refractivity contribution is 8.26. The predicted molar refractivity (Wildman–Crippen MR) is 117 cm³/mol. The van der Waals surface area contributed by atoms with E-state index < -0.39 is 17.8 Å². The normalized spacial score (nSPS) is 14.8. The summed E-state index contributed by atoms with van der Waals surface area (Å²) in [6.07, 6.45) is 1.67. The topological polar surface area (TPSA) is 116 Å². The molecule has 0 aliphatic carbocycles. The minimum atomic E-state index is -1.31. The van der Waals surface area contributed by atoms with Gasteiger partial charge in [0.2, 0.25) is 5.91 Å². The number of methoxy groups -OCH3 is 1. The van der Waals surface area contributed by atoms with Crippen molar-refractivity contribution in [3.63, 3.8) is 0 Å². The van der Waals surface area contributed by atoms with Crippen LogP contribution in [0.5, 0.6) is 11.5 Å². The zero-order chi connectivity index (χ0) is 21.8. The molecule has 2 aromatic rings. The summed E-state index contributed by atoms with van der Waals surface area (Å²) in [6, 6.07) is 10.6. The van der Waals surface area contributed by atoms with E-state index in [-0.39, 0.29) is 27.9 Å². The maximum Gasteiger partial charge on any atom is 0.337 e. The van der Waals surface area contributed by atoms with Crippen LogP contribution in [-0.2, 0) is 9.59 Å². The molecular formula is C20H16N2O6S2. The van der Waals surface area contributed by atoms with Gasteiger partial charge >= 0.3 is 5.97 Å². The van der Waals surface area contributed by atoms with E-state index in [1.807, 2.05) is 0 Å². The van der Waals surface area contributed by atoms with Crippen molar-refractivity contribution in [2.24, 2.45) is 0 Å². The fraction of sp³-hybridized carbons (Fsp3) is 0.100. The summed E-state index contributed by atoms with van der Waals surface area (Å²) in [6.45, 7) is -0.370. The Morgan fingerprint density at radius 3 is 2.57 bits per heavy atom. The summed E-state index contributed by atoms with van der Waals surface area (Å²) in [5, 5.41) is 21.1. The van der Waals surface area contributed by atoms with Crippen LogP contribution in [0.15, 0.2) is 47.4 Å². The van der Waals surface area contributed by atoms with Gasteiger partial charge in [-0.25, -0.2) is 4.79 Å². The van der Waals surface area contributed by atoms with E-state index in [1.165, 1.54) is 12.1 Å². The molecule has 1 aliphatic rings. The third-order valence-electron chi connectivity index (χ3n) is 4.10. The molecule has 0 atom stereocenters. The number of carboxylic acids is 1. The van der Waals surface area contributed by atoms with Crippen molar-refractivity contribution < 1.29 is 29.3 Å². The second kappa shape index (κ2) is 8.97. The first kappa shape index (κ1) is 21.3. The van der Waals surface area contributed by atoms with Gasteiger partial charge in [0.1, 0.15) is 22.4 Å². The van der Waals surface area contributed by atoms with Crippen molar-refractivity contribution in [1.82, 2.24) is 4.90 Å². The number of nitrogens with zero attached hydrogens (tertiary/aromatic N) is 1. The van der Waals surface area contributed by atoms with Gasteiger partial charge in [-0.15, -0.1) is 0 Å². The number of hydrogen-bond acceptors (Lipinski definition) is 7. The van der Waals surface area contributed by atoms with E-state index in [4.69, 9.17) is 17.0 Å². The number of nitrogens with one attached hydrogen (secondary N) is 1. The summed E-state index contributed by atoms with van der Waals surface area (Å²) in [5.74, 6) is -1.91. The zero-order valence-electron chi connectivity index (χ0n) is 15.6. The quantitative estimate of drug-likeness (QED) is 0.354. The Hall–Kier alpha value is -3.37. The minimum Gasteiger partial charge on any atom is -0.508 e. The molecule has 1 aliphatic heterocycles. The van der Waals surface area contributed by atoms with Crippen LogP contribution in [0.2, 0.25) is 0 Å². The number of carbonyl (C=O) groups excluding carboxylic acids is 2. The van der Waals surface area contributed by atoms with Crippen LogP contribution in [0.3, 0.4) is 0 Å². The number of aromatic hydroxyl groups is 1. The monoisotopic (exact) mass is 444 g/mol. The van der Waals surface area contributed by atoms with Crippen molar-refractivity contribution in [1.29, 1.82) is 0 Å². The van der Waals surface area contributed by atoms with Crippen LogP contribution in [0.4, 0.5) is 5.69 Å². The number of thioether (sulfide) groups is 1. The Bertz CT molecular complexity index is 1070. The highest BCUT2D eigenvalue weighted by atomic mass is 32.2. The van der Waals surface area contributed by atoms with E-state index in [0.29, 0.717) is 10.7 Å². The third-order valence-corrected chi connectivity index (χ3v) is 5.47. The average Bonchev–Trinajstić information content (AvgIpc) is 2.97. The summed E-state index contributed by atoms with van der Waals surface area (Å²) in [5.41, 5.74) is 0.508. The van der Waals surface area contributed by atoms with Crippen molar-refractivity contribution in [3.8, 4) is 11.5 Å². The van der Waals surface area contributed by atoms with E-state index in [1.54, 1.807) is 37.5 Å². The molecule has 0 radical (unpaired) electrons. The standard InChI is InChI=1S/C20H16N2O6S2/c1-28-13-5-2-11(3-6-13)8-16-18(25)22(20(29)30-16)10-17(24)21-15-7-4-12(23)9-14(15)19(26)27/h2-9,23H,10H2,1H3,(H,21,24)(H,26,27). The summed E-state index contributed by atoms with van der Waals surface area (Å²) < 4.78 is 5.32. The molecule has 0 bridgehead atoms. The van der Waals surface area contributed by atoms with Crippen LogP contribution in [0, 0.1) is 0 Å². The smallest absolute Gasteiger partial charge is 0.337 e. The highest BCUT2D eigenvalue weighted by Crippen LogP contribution is 2.32. The van der Waals surface area contributed by atoms with Gasteiger partial charge in [0.05, 0.1) is 23.3 Å². The number of phenols is 1. The van der Waals surface area contributed by atoms with Gasteiger partial charge < -0.3 is 20.3 Å². The molecule has 0 unspecified atom stereocenters. The van der Waals surface area contributed by atoms with Crippen molar-refractivity contribution >= 4 is 57.8 Å². The Kier molecular flexibility index (Phi) is 6.38. The summed E-state index contributed by atoms with van der Waals surface area (Å²) in [4.78, 5) is 37.9. The first-order chi connectivity index (χ1) is 14.3. The number of thiocarbonyl (C=S) groups is 1. The van der Waals surface area contributed by atoms with Gasteiger partial charge in [0, 0.05) is 0 Å². The van der Waals surface area contributed by atoms with Gasteiger partial charge in [0.15, 0.2) is 0 Å². The number of anilines is 1. The molecule has 0 spiro atoms. The molecular weight excluding hydrogens is 428 g/mol. The lowest BCUT2D eigenvalue weighted by atomic mass is 10.1. The van der Waals surface area contributed by atoms with Crippen molar-refractivity contribution in [2.45, 2.75) is 0 Å². The Morgan fingerprint density at radius 2 is 1.93 bits per heavy atom. The predicted octanol–water partition coefficient (Wildman–Crippen LogP) is 2.94. The molecule has 3 N–H and O–H groups in total. The number of hydrogen-bond donors (Lipinski definition) is 3. The van der Waals surface area contributed by atoms with Crippen LogP contribution >= 0.6 is 24.0 Å². The summed E-state index contributed by atoms with van der Waals surface area (Å²) >= 11 is 6.29. The second-order valence-corrected chi connectivity index (χ2v) is 7.80. The molecule has 3 rings (SSSR count). The van der Waals surface area contributed by atoms with Crippen LogP contribution < -0.4 is 10.1 Å². The first-order valence-electron chi connectivity index (χ1n) is 8.54. The fourth-order valence-corrected chi connectivity index (χ4v) is 3.89. The van der Waals surface area contributed by atoms with Crippen LogP contribution in [0.1, 0.15) is 15.9 Å². The Morgan fingerprint density at radius 1 is 1.23 bits per heavy atom. The first-order valence-corrected chi connectivity index (χ1v) is 9.76. The van der Waals surface area contributed by atoms with Crippen molar-refractivity contribution in [3.05, 3.63) is 58.5 Å². The zero-order valence-corrected chi connectivity index (χ0v) is 17.3. The number of benzene rings is 2. The number of ether oxygens (including phenoxy) is 1. The maximum atomic E-state index is 12.7. The van der Waals surface area contributed by atoms with E-state index in [2.05, 4.69) is 5.32 Å². The van der Waals surface area contributed by atoms with Gasteiger partial charge in [-0.1, -0.05) is 36.1 Å². The molecule has 1 saturated heterocycles. The van der Waals surface area contributed by atoms with E-state index in [0.717, 1.165) is 28.3 Å². The summed E-state index contributed by atoms with van der Waals surface area (Å²) in [7, 11) is 1.56. The molecule has 10 heteroatoms. The van der Waals surface area contributed by atoms with Gasteiger partial charge in [-0.05, 0) is 42.0 Å². The average molecular weight is 444 g/mol.